The summed E-state index contributed by atoms with van der Waals surface area (Å²) >= 11 is 0. The van der Waals surface area contributed by atoms with E-state index in [4.69, 9.17) is 4.74 Å². The van der Waals surface area contributed by atoms with Gasteiger partial charge < -0.3 is 20.1 Å². The molecule has 1 heterocycles. The minimum atomic E-state index is -0.881. The SMILES string of the molecule is CC1(C(=O)O)CN(C(=O)C2(CNC(=O)OCC3c4ccccc4-c4ccccc43)CCCC2)C1. The van der Waals surface area contributed by atoms with E-state index in [0.717, 1.165) is 24.0 Å². The van der Waals surface area contributed by atoms with Crippen molar-refractivity contribution >= 4 is 18.0 Å². The number of likely N-dealkylation sites (tertiary alicyclic amines) is 1. The second-order valence-electron chi connectivity index (χ2n) is 10.2. The molecule has 34 heavy (non-hydrogen) atoms. The molecule has 2 fully saturated rings. The molecular formula is C27H30N2O5. The van der Waals surface area contributed by atoms with Crippen molar-refractivity contribution in [2.24, 2.45) is 10.8 Å². The number of benzene rings is 2. The average Bonchev–Trinajstić information content (AvgIpc) is 3.43. The fourth-order valence-electron chi connectivity index (χ4n) is 5.82. The standard InChI is InChI=1S/C27H30N2O5/c1-26(24(31)32)16-29(17-26)23(30)27(12-6-7-13-27)15-28-25(33)34-14-22-20-10-4-2-8-18(20)19-9-3-5-11-21(19)22/h2-5,8-11,22H,6-7,12-17H2,1H3,(H,28,33)(H,31,32). The molecular weight excluding hydrogens is 432 g/mol. The molecule has 2 aromatic carbocycles. The summed E-state index contributed by atoms with van der Waals surface area (Å²) in [5, 5.41) is 12.2. The first kappa shape index (κ1) is 22.4. The Morgan fingerprint density at radius 3 is 2.12 bits per heavy atom. The largest absolute Gasteiger partial charge is 0.481 e. The maximum absolute atomic E-state index is 13.3. The summed E-state index contributed by atoms with van der Waals surface area (Å²) in [6.45, 7) is 2.53. The number of carbonyl (C=O) groups is 3. The lowest BCUT2D eigenvalue weighted by Crippen LogP contribution is -2.64. The molecule has 0 bridgehead atoms. The second-order valence-corrected chi connectivity index (χ2v) is 10.2. The first-order valence-electron chi connectivity index (χ1n) is 11.9. The van der Waals surface area contributed by atoms with Crippen LogP contribution in [0.15, 0.2) is 48.5 Å². The number of amides is 2. The van der Waals surface area contributed by atoms with Crippen molar-refractivity contribution < 1.29 is 24.2 Å². The topological polar surface area (TPSA) is 95.9 Å². The highest BCUT2D eigenvalue weighted by molar-refractivity contribution is 5.88. The fraction of sp³-hybridized carbons (Fsp3) is 0.444. The van der Waals surface area contributed by atoms with Gasteiger partial charge in [-0.25, -0.2) is 4.79 Å². The van der Waals surface area contributed by atoms with Crippen molar-refractivity contribution in [2.75, 3.05) is 26.2 Å². The number of nitrogens with zero attached hydrogens (tertiary/aromatic N) is 1. The highest BCUT2D eigenvalue weighted by atomic mass is 16.5. The Morgan fingerprint density at radius 1 is 1.00 bits per heavy atom. The molecule has 1 saturated carbocycles. The third-order valence-electron chi connectivity index (χ3n) is 7.81. The van der Waals surface area contributed by atoms with Crippen LogP contribution in [0.25, 0.3) is 11.1 Å². The van der Waals surface area contributed by atoms with Crippen LogP contribution in [0.4, 0.5) is 4.79 Å². The van der Waals surface area contributed by atoms with Crippen molar-refractivity contribution in [3.05, 3.63) is 59.7 Å². The van der Waals surface area contributed by atoms with Gasteiger partial charge in [-0.3, -0.25) is 9.59 Å². The summed E-state index contributed by atoms with van der Waals surface area (Å²) in [5.41, 5.74) is 3.09. The number of carboxylic acid groups (broad SMARTS) is 1. The Morgan fingerprint density at radius 2 is 1.56 bits per heavy atom. The lowest BCUT2D eigenvalue weighted by molar-refractivity contribution is -0.168. The maximum atomic E-state index is 13.3. The molecule has 3 aliphatic rings. The number of ether oxygens (including phenoxy) is 1. The van der Waals surface area contributed by atoms with Gasteiger partial charge in [0.1, 0.15) is 6.61 Å². The Kier molecular flexibility index (Phi) is 5.58. The zero-order valence-electron chi connectivity index (χ0n) is 19.4. The van der Waals surface area contributed by atoms with Crippen LogP contribution in [-0.4, -0.2) is 54.2 Å². The number of hydrogen-bond donors (Lipinski definition) is 2. The van der Waals surface area contributed by atoms with E-state index in [1.165, 1.54) is 11.1 Å². The number of aliphatic carboxylic acids is 1. The van der Waals surface area contributed by atoms with Gasteiger partial charge in [-0.05, 0) is 42.0 Å². The number of fused-ring (bicyclic) bond motifs is 3. The molecule has 2 aliphatic carbocycles. The van der Waals surface area contributed by atoms with Crippen LogP contribution in [0.2, 0.25) is 0 Å². The van der Waals surface area contributed by atoms with Gasteiger partial charge in [0.25, 0.3) is 0 Å². The van der Waals surface area contributed by atoms with Gasteiger partial charge in [-0.15, -0.1) is 0 Å². The minimum Gasteiger partial charge on any atom is -0.481 e. The Bertz CT molecular complexity index is 1090. The van der Waals surface area contributed by atoms with Crippen LogP contribution < -0.4 is 5.32 Å². The molecule has 1 aliphatic heterocycles. The van der Waals surface area contributed by atoms with Crippen molar-refractivity contribution in [1.29, 1.82) is 0 Å². The van der Waals surface area contributed by atoms with E-state index in [9.17, 15) is 19.5 Å². The number of alkyl carbamates (subject to hydrolysis) is 1. The summed E-state index contributed by atoms with van der Waals surface area (Å²) in [6.07, 6.45) is 2.69. The molecule has 0 aromatic heterocycles. The molecule has 0 spiro atoms. The Labute approximate surface area is 199 Å². The van der Waals surface area contributed by atoms with Crippen LogP contribution in [0.1, 0.15) is 49.7 Å². The van der Waals surface area contributed by atoms with Gasteiger partial charge in [-0.1, -0.05) is 61.4 Å². The predicted octanol–water partition coefficient (Wildman–Crippen LogP) is 4.02. The number of nitrogens with one attached hydrogen (secondary N) is 1. The van der Waals surface area contributed by atoms with Crippen molar-refractivity contribution in [2.45, 2.75) is 38.5 Å². The molecule has 2 N–H and O–H groups in total. The fourth-order valence-corrected chi connectivity index (χ4v) is 5.82. The average molecular weight is 463 g/mol. The van der Waals surface area contributed by atoms with E-state index < -0.39 is 22.9 Å². The second kappa shape index (κ2) is 8.46. The van der Waals surface area contributed by atoms with E-state index in [2.05, 4.69) is 29.6 Å². The van der Waals surface area contributed by atoms with E-state index in [1.54, 1.807) is 11.8 Å². The molecule has 0 radical (unpaired) electrons. The Hall–Kier alpha value is -3.35. The molecule has 0 unspecified atom stereocenters. The van der Waals surface area contributed by atoms with Crippen LogP contribution in [0.3, 0.4) is 0 Å². The maximum Gasteiger partial charge on any atom is 0.407 e. The summed E-state index contributed by atoms with van der Waals surface area (Å²) in [5.74, 6) is -0.952. The molecule has 1 saturated heterocycles. The zero-order chi connectivity index (χ0) is 23.9. The van der Waals surface area contributed by atoms with E-state index in [1.807, 2.05) is 24.3 Å². The number of carboxylic acids is 1. The van der Waals surface area contributed by atoms with Gasteiger partial charge in [0.2, 0.25) is 5.91 Å². The van der Waals surface area contributed by atoms with Gasteiger partial charge >= 0.3 is 12.1 Å². The van der Waals surface area contributed by atoms with Crippen LogP contribution in [0, 0.1) is 10.8 Å². The van der Waals surface area contributed by atoms with Gasteiger partial charge in [0.15, 0.2) is 0 Å². The number of carbonyl (C=O) groups excluding carboxylic acids is 2. The summed E-state index contributed by atoms with van der Waals surface area (Å²) in [4.78, 5) is 38.9. The first-order valence-corrected chi connectivity index (χ1v) is 11.9. The quantitative estimate of drug-likeness (QED) is 0.676. The van der Waals surface area contributed by atoms with E-state index in [0.29, 0.717) is 12.8 Å². The normalized spacial score (nSPS) is 19.6. The lowest BCUT2D eigenvalue weighted by atomic mass is 9.77. The summed E-state index contributed by atoms with van der Waals surface area (Å²) in [7, 11) is 0. The third kappa shape index (κ3) is 3.73. The Balaban J connectivity index is 1.21. The highest BCUT2D eigenvalue weighted by Crippen LogP contribution is 2.45. The number of rotatable bonds is 6. The minimum absolute atomic E-state index is 0.0185. The highest BCUT2D eigenvalue weighted by Gasteiger charge is 2.53. The van der Waals surface area contributed by atoms with Gasteiger partial charge in [0, 0.05) is 25.6 Å². The molecule has 0 atom stereocenters. The number of hydrogen-bond acceptors (Lipinski definition) is 4. The lowest BCUT2D eigenvalue weighted by Gasteiger charge is -2.48. The van der Waals surface area contributed by atoms with E-state index >= 15 is 0 Å². The van der Waals surface area contributed by atoms with E-state index in [-0.39, 0.29) is 38.1 Å². The van der Waals surface area contributed by atoms with Gasteiger partial charge in [0.05, 0.1) is 10.8 Å². The zero-order valence-corrected chi connectivity index (χ0v) is 19.4. The van der Waals surface area contributed by atoms with Crippen molar-refractivity contribution in [3.8, 4) is 11.1 Å². The molecule has 7 nitrogen and oxygen atoms in total. The smallest absolute Gasteiger partial charge is 0.407 e. The van der Waals surface area contributed by atoms with Crippen molar-refractivity contribution in [3.63, 3.8) is 0 Å². The molecule has 2 aromatic rings. The molecule has 7 heteroatoms. The third-order valence-corrected chi connectivity index (χ3v) is 7.81. The molecule has 2 amide bonds. The predicted molar refractivity (Wildman–Crippen MR) is 126 cm³/mol. The van der Waals surface area contributed by atoms with Crippen LogP contribution in [0.5, 0.6) is 0 Å². The van der Waals surface area contributed by atoms with Gasteiger partial charge in [-0.2, -0.15) is 0 Å². The summed E-state index contributed by atoms with van der Waals surface area (Å²) < 4.78 is 5.64. The monoisotopic (exact) mass is 462 g/mol. The summed E-state index contributed by atoms with van der Waals surface area (Å²) in [6, 6.07) is 16.4. The first-order chi connectivity index (χ1) is 16.3. The van der Waals surface area contributed by atoms with Crippen molar-refractivity contribution in [1.82, 2.24) is 10.2 Å². The van der Waals surface area contributed by atoms with Crippen LogP contribution >= 0.6 is 0 Å². The van der Waals surface area contributed by atoms with Crippen LogP contribution in [-0.2, 0) is 14.3 Å². The molecule has 178 valence electrons. The molecule has 5 rings (SSSR count).